The lowest BCUT2D eigenvalue weighted by atomic mass is 9.74. The van der Waals surface area contributed by atoms with Crippen molar-refractivity contribution in [2.45, 2.75) is 36.7 Å². The number of hydrogen-bond donors (Lipinski definition) is 2. The second kappa shape index (κ2) is 11.9. The Morgan fingerprint density at radius 2 is 1.77 bits per heavy atom. The van der Waals surface area contributed by atoms with Gasteiger partial charge in [-0.2, -0.15) is 0 Å². The number of fused-ring (bicyclic) bond motifs is 2. The summed E-state index contributed by atoms with van der Waals surface area (Å²) in [5, 5.41) is 13.3. The number of aliphatic hydroxyl groups excluding tert-OH is 1. The number of benzene rings is 2. The van der Waals surface area contributed by atoms with Crippen LogP contribution in [0.4, 0.5) is 5.69 Å². The summed E-state index contributed by atoms with van der Waals surface area (Å²) in [6.07, 6.45) is 6.09. The van der Waals surface area contributed by atoms with Crippen LogP contribution in [-0.4, -0.2) is 77.7 Å². The van der Waals surface area contributed by atoms with Gasteiger partial charge in [0, 0.05) is 30.2 Å². The Morgan fingerprint density at radius 3 is 2.51 bits per heavy atom. The minimum Gasteiger partial charge on any atom is -0.455 e. The Morgan fingerprint density at radius 1 is 1.00 bits per heavy atom. The number of β-amino-alcohol motifs (C(OH)–C–C–N with tert-alkyl or cyclic N) is 1. The lowest BCUT2D eigenvalue weighted by molar-refractivity contribution is -0.159. The fourth-order valence-corrected chi connectivity index (χ4v) is 6.70. The summed E-state index contributed by atoms with van der Waals surface area (Å²) in [7, 11) is 0. The highest BCUT2D eigenvalue weighted by Gasteiger charge is 2.73. The van der Waals surface area contributed by atoms with E-state index < -0.39 is 53.5 Å². The van der Waals surface area contributed by atoms with Crippen molar-refractivity contribution < 1.29 is 33.8 Å². The number of carbonyl (C=O) groups is 4. The molecule has 3 amide bonds. The van der Waals surface area contributed by atoms with Gasteiger partial charge >= 0.3 is 5.97 Å². The summed E-state index contributed by atoms with van der Waals surface area (Å²) in [6.45, 7) is -0.287. The summed E-state index contributed by atoms with van der Waals surface area (Å²) < 4.78 is 12.4. The zero-order chi connectivity index (χ0) is 30.1. The van der Waals surface area contributed by atoms with E-state index in [1.165, 1.54) is 9.80 Å². The van der Waals surface area contributed by atoms with Crippen molar-refractivity contribution in [3.05, 3.63) is 89.5 Å². The highest BCUT2D eigenvalue weighted by atomic mass is 35.5. The van der Waals surface area contributed by atoms with Crippen LogP contribution in [0.15, 0.2) is 78.9 Å². The van der Waals surface area contributed by atoms with Crippen molar-refractivity contribution in [1.82, 2.24) is 10.2 Å². The largest absolute Gasteiger partial charge is 0.455 e. The molecule has 0 saturated carbocycles. The summed E-state index contributed by atoms with van der Waals surface area (Å²) in [6, 6.07) is 14.7. The molecule has 1 spiro atoms. The number of carbonyl (C=O) groups excluding carboxylic acids is 4. The summed E-state index contributed by atoms with van der Waals surface area (Å²) in [5.41, 5.74) is -0.185. The molecule has 10 nitrogen and oxygen atoms in total. The molecule has 2 N–H and O–H groups in total. The quantitative estimate of drug-likeness (QED) is 0.405. The molecule has 11 heteroatoms. The molecule has 4 aliphatic heterocycles. The van der Waals surface area contributed by atoms with E-state index in [2.05, 4.69) is 5.32 Å². The fourth-order valence-electron chi connectivity index (χ4n) is 6.58. The first kappa shape index (κ1) is 29.1. The zero-order valence-corrected chi connectivity index (χ0v) is 24.1. The highest BCUT2D eigenvalue weighted by Crippen LogP contribution is 2.55. The predicted octanol–water partition coefficient (Wildman–Crippen LogP) is 2.57. The van der Waals surface area contributed by atoms with E-state index in [0.29, 0.717) is 22.7 Å². The van der Waals surface area contributed by atoms with Crippen LogP contribution >= 0.6 is 11.6 Å². The number of hydrogen-bond acceptors (Lipinski definition) is 7. The topological polar surface area (TPSA) is 125 Å². The highest BCUT2D eigenvalue weighted by molar-refractivity contribution is 6.30. The summed E-state index contributed by atoms with van der Waals surface area (Å²) >= 11 is 6.12. The van der Waals surface area contributed by atoms with Gasteiger partial charge in [-0.25, -0.2) is 0 Å². The Balaban J connectivity index is 1.42. The molecule has 43 heavy (non-hydrogen) atoms. The lowest BCUT2D eigenvalue weighted by Crippen LogP contribution is -2.56. The molecule has 4 heterocycles. The van der Waals surface area contributed by atoms with Gasteiger partial charge in [0.1, 0.15) is 23.7 Å². The molecule has 2 aromatic carbocycles. The Labute approximate surface area is 253 Å². The maximum absolute atomic E-state index is 14.5. The number of nitrogens with one attached hydrogen (secondary N) is 1. The number of esters is 1. The molecule has 2 aromatic rings. The van der Waals surface area contributed by atoms with Crippen molar-refractivity contribution in [3.8, 4) is 0 Å². The number of halogens is 1. The third kappa shape index (κ3) is 5.24. The first-order valence-electron chi connectivity index (χ1n) is 14.4. The van der Waals surface area contributed by atoms with Gasteiger partial charge in [0.05, 0.1) is 25.2 Å². The third-order valence-electron chi connectivity index (χ3n) is 8.53. The van der Waals surface area contributed by atoms with Crippen molar-refractivity contribution in [1.29, 1.82) is 0 Å². The van der Waals surface area contributed by atoms with E-state index in [9.17, 15) is 24.3 Å². The standard InChI is InChI=1S/C32H32ClN3O7/c33-21-10-12-22(13-11-21)35-16-6-2-5-9-25(38)34-19-24(20-7-3-1-4-8-20)42-31(41)26-23-14-15-32(43-23)27(26)29(39)36(17-18-37)28(32)30(35)40/h1-4,6-8,10-15,23-24,26-28,37H,5,9,16-19H2,(H,34,38)/b6-2-/t23-,24-,26+,27+,28-,32+/m1/s1. The van der Waals surface area contributed by atoms with Gasteiger partial charge in [-0.3, -0.25) is 19.2 Å². The van der Waals surface area contributed by atoms with Crippen LogP contribution in [0.3, 0.4) is 0 Å². The van der Waals surface area contributed by atoms with Crippen molar-refractivity contribution in [3.63, 3.8) is 0 Å². The summed E-state index contributed by atoms with van der Waals surface area (Å²) in [5.74, 6) is -3.80. The third-order valence-corrected chi connectivity index (χ3v) is 8.78. The number of aliphatic hydroxyl groups is 1. The van der Waals surface area contributed by atoms with Crippen LogP contribution in [0.5, 0.6) is 0 Å². The lowest BCUT2D eigenvalue weighted by Gasteiger charge is -2.35. The minimum absolute atomic E-state index is 0.0538. The average Bonchev–Trinajstić information content (AvgIpc) is 3.65. The Hall–Kier alpha value is -3.99. The molecule has 0 aliphatic carbocycles. The Kier molecular flexibility index (Phi) is 8.09. The first-order chi connectivity index (χ1) is 20.8. The van der Waals surface area contributed by atoms with E-state index in [0.717, 1.165) is 0 Å². The Bertz CT molecular complexity index is 1460. The molecule has 6 rings (SSSR count). The average molecular weight is 606 g/mol. The van der Waals surface area contributed by atoms with Crippen LogP contribution in [0.1, 0.15) is 24.5 Å². The van der Waals surface area contributed by atoms with Crippen LogP contribution < -0.4 is 10.2 Å². The molecule has 5 bridgehead atoms. The van der Waals surface area contributed by atoms with Gasteiger partial charge in [0.15, 0.2) is 0 Å². The van der Waals surface area contributed by atoms with E-state index in [4.69, 9.17) is 21.1 Å². The minimum atomic E-state index is -1.42. The van der Waals surface area contributed by atoms with Gasteiger partial charge in [-0.05, 0) is 36.2 Å². The number of allylic oxidation sites excluding steroid dienone is 1. The number of rotatable bonds is 4. The zero-order valence-electron chi connectivity index (χ0n) is 23.3. The molecule has 4 aliphatic rings. The van der Waals surface area contributed by atoms with Gasteiger partial charge in [0.25, 0.3) is 5.91 Å². The van der Waals surface area contributed by atoms with E-state index in [1.807, 2.05) is 24.3 Å². The molecular weight excluding hydrogens is 574 g/mol. The number of ether oxygens (including phenoxy) is 2. The normalized spacial score (nSPS) is 31.6. The number of cyclic esters (lactones) is 1. The van der Waals surface area contributed by atoms with E-state index >= 15 is 0 Å². The SMILES string of the molecule is O=C1CC/C=C\CN(c2ccc(Cl)cc2)C(=O)[C@H]2N(CCO)C(=O)[C@@H]3[C@@H](C(=O)O[C@@H](c4ccccc4)CN1)[C@H]1C=C[C@]32O1. The second-order valence-corrected chi connectivity index (χ2v) is 11.5. The maximum Gasteiger partial charge on any atom is 0.313 e. The molecule has 6 atom stereocenters. The molecule has 224 valence electrons. The maximum atomic E-state index is 14.5. The van der Waals surface area contributed by atoms with Crippen LogP contribution in [0.25, 0.3) is 0 Å². The number of nitrogens with zero attached hydrogens (tertiary/aromatic N) is 2. The number of amides is 3. The molecule has 0 aromatic heterocycles. The monoisotopic (exact) mass is 605 g/mol. The van der Waals surface area contributed by atoms with Crippen LogP contribution in [0, 0.1) is 11.8 Å². The van der Waals surface area contributed by atoms with Crippen molar-refractivity contribution in [2.24, 2.45) is 11.8 Å². The van der Waals surface area contributed by atoms with Crippen molar-refractivity contribution >= 4 is 41.0 Å². The van der Waals surface area contributed by atoms with Gasteiger partial charge < -0.3 is 29.7 Å². The number of likely N-dealkylation sites (tertiary alicyclic amines) is 1. The number of anilines is 1. The van der Waals surface area contributed by atoms with Crippen molar-refractivity contribution in [2.75, 3.05) is 31.1 Å². The fraction of sp³-hybridized carbons (Fsp3) is 0.375. The summed E-state index contributed by atoms with van der Waals surface area (Å²) in [4.78, 5) is 57.9. The van der Waals surface area contributed by atoms with E-state index in [1.54, 1.807) is 54.6 Å². The van der Waals surface area contributed by atoms with Crippen LogP contribution in [0.2, 0.25) is 5.02 Å². The molecular formula is C32H32ClN3O7. The van der Waals surface area contributed by atoms with E-state index in [-0.39, 0.29) is 38.6 Å². The van der Waals surface area contributed by atoms with Gasteiger partial charge in [-0.15, -0.1) is 0 Å². The molecule has 0 radical (unpaired) electrons. The molecule has 0 unspecified atom stereocenters. The molecule has 2 saturated heterocycles. The molecule has 2 fully saturated rings. The first-order valence-corrected chi connectivity index (χ1v) is 14.7. The smallest absolute Gasteiger partial charge is 0.313 e. The second-order valence-electron chi connectivity index (χ2n) is 11.0. The van der Waals surface area contributed by atoms with Gasteiger partial charge in [0.2, 0.25) is 11.8 Å². The van der Waals surface area contributed by atoms with Crippen LogP contribution in [-0.2, 0) is 28.7 Å². The predicted molar refractivity (Wildman–Crippen MR) is 157 cm³/mol. The van der Waals surface area contributed by atoms with Gasteiger partial charge in [-0.1, -0.05) is 66.2 Å².